The van der Waals surface area contributed by atoms with Gasteiger partial charge in [0.15, 0.2) is 0 Å². The van der Waals surface area contributed by atoms with E-state index in [0.29, 0.717) is 0 Å². The number of benzene rings is 1. The molecule has 0 N–H and O–H groups in total. The van der Waals surface area contributed by atoms with Crippen molar-refractivity contribution >= 4 is 11.6 Å². The highest BCUT2D eigenvalue weighted by Crippen LogP contribution is 2.23. The summed E-state index contributed by atoms with van der Waals surface area (Å²) < 4.78 is 1.99. The monoisotopic (exact) mass is 278 g/mol. The largest absolute Gasteiger partial charge is 0.356 e. The molecule has 1 atom stereocenters. The van der Waals surface area contributed by atoms with Crippen LogP contribution >= 0.6 is 0 Å². The van der Waals surface area contributed by atoms with Gasteiger partial charge in [-0.05, 0) is 18.4 Å². The molecule has 0 spiro atoms. The molecule has 4 nitrogen and oxygen atoms in total. The zero-order valence-corrected chi connectivity index (χ0v) is 12.1. The van der Waals surface area contributed by atoms with Crippen molar-refractivity contribution in [3.05, 3.63) is 48.8 Å². The lowest BCUT2D eigenvalue weighted by atomic mass is 10.2. The Morgan fingerprint density at radius 1 is 1.10 bits per heavy atom. The van der Waals surface area contributed by atoms with Gasteiger partial charge in [-0.2, -0.15) is 4.98 Å². The zero-order valence-electron chi connectivity index (χ0n) is 12.1. The minimum Gasteiger partial charge on any atom is -0.356 e. The van der Waals surface area contributed by atoms with Crippen LogP contribution in [-0.4, -0.2) is 27.5 Å². The molecule has 3 heterocycles. The second-order valence-corrected chi connectivity index (χ2v) is 5.83. The van der Waals surface area contributed by atoms with Crippen molar-refractivity contribution in [2.75, 3.05) is 18.0 Å². The Hall–Kier alpha value is -2.36. The standard InChI is InChI=1S/C17H18N4/c1-13-7-9-20(11-13)16-8-10-21-12-15(18-17(21)19-16)14-5-3-2-4-6-14/h2-6,8,10,12-13H,7,9,11H2,1H3/t13-/m0/s1. The lowest BCUT2D eigenvalue weighted by Crippen LogP contribution is -2.20. The van der Waals surface area contributed by atoms with Gasteiger partial charge < -0.3 is 4.90 Å². The van der Waals surface area contributed by atoms with Gasteiger partial charge >= 0.3 is 0 Å². The van der Waals surface area contributed by atoms with Gasteiger partial charge in [-0.3, -0.25) is 4.40 Å². The van der Waals surface area contributed by atoms with E-state index in [1.165, 1.54) is 6.42 Å². The van der Waals surface area contributed by atoms with E-state index in [2.05, 4.69) is 41.2 Å². The number of anilines is 1. The average molecular weight is 278 g/mol. The van der Waals surface area contributed by atoms with E-state index in [9.17, 15) is 0 Å². The van der Waals surface area contributed by atoms with Crippen LogP contribution in [0.4, 0.5) is 5.82 Å². The van der Waals surface area contributed by atoms with Gasteiger partial charge in [-0.1, -0.05) is 37.3 Å². The van der Waals surface area contributed by atoms with Crippen LogP contribution in [0.3, 0.4) is 0 Å². The van der Waals surface area contributed by atoms with Crippen molar-refractivity contribution in [2.24, 2.45) is 5.92 Å². The molecule has 0 radical (unpaired) electrons. The number of fused-ring (bicyclic) bond motifs is 1. The number of imidazole rings is 1. The molecule has 1 aliphatic heterocycles. The van der Waals surface area contributed by atoms with Crippen LogP contribution in [0.25, 0.3) is 17.0 Å². The predicted molar refractivity (Wildman–Crippen MR) is 84.4 cm³/mol. The quantitative estimate of drug-likeness (QED) is 0.721. The molecule has 4 rings (SSSR count). The molecule has 1 fully saturated rings. The molecule has 1 aliphatic rings. The van der Waals surface area contributed by atoms with Crippen molar-refractivity contribution in [3.8, 4) is 11.3 Å². The van der Waals surface area contributed by atoms with E-state index in [0.717, 1.165) is 41.9 Å². The summed E-state index contributed by atoms with van der Waals surface area (Å²) in [6.45, 7) is 4.48. The molecular formula is C17H18N4. The summed E-state index contributed by atoms with van der Waals surface area (Å²) in [5.74, 6) is 2.56. The van der Waals surface area contributed by atoms with E-state index in [1.54, 1.807) is 0 Å². The summed E-state index contributed by atoms with van der Waals surface area (Å²) in [4.78, 5) is 11.7. The Balaban J connectivity index is 1.72. The molecule has 0 unspecified atom stereocenters. The molecule has 0 amide bonds. The Labute approximate surface area is 124 Å². The Bertz CT molecular complexity index is 763. The van der Waals surface area contributed by atoms with Crippen LogP contribution < -0.4 is 4.90 Å². The smallest absolute Gasteiger partial charge is 0.236 e. The van der Waals surface area contributed by atoms with Crippen molar-refractivity contribution in [1.29, 1.82) is 0 Å². The number of hydrogen-bond acceptors (Lipinski definition) is 3. The molecule has 4 heteroatoms. The van der Waals surface area contributed by atoms with Crippen molar-refractivity contribution in [2.45, 2.75) is 13.3 Å². The lowest BCUT2D eigenvalue weighted by molar-refractivity contribution is 0.659. The van der Waals surface area contributed by atoms with Crippen LogP contribution in [0.1, 0.15) is 13.3 Å². The Morgan fingerprint density at radius 3 is 2.71 bits per heavy atom. The summed E-state index contributed by atoms with van der Waals surface area (Å²) in [5, 5.41) is 0. The molecule has 1 aromatic carbocycles. The topological polar surface area (TPSA) is 33.4 Å². The fraction of sp³-hybridized carbons (Fsp3) is 0.294. The molecule has 3 aromatic rings. The van der Waals surface area contributed by atoms with Crippen LogP contribution in [-0.2, 0) is 0 Å². The predicted octanol–water partition coefficient (Wildman–Crippen LogP) is 3.24. The third kappa shape index (κ3) is 2.27. The van der Waals surface area contributed by atoms with Gasteiger partial charge in [0.05, 0.1) is 5.69 Å². The van der Waals surface area contributed by atoms with Crippen molar-refractivity contribution in [3.63, 3.8) is 0 Å². The number of rotatable bonds is 2. The zero-order chi connectivity index (χ0) is 14.2. The van der Waals surface area contributed by atoms with Gasteiger partial charge in [-0.25, -0.2) is 4.98 Å². The molecule has 2 aromatic heterocycles. The van der Waals surface area contributed by atoms with Crippen LogP contribution in [0.15, 0.2) is 48.8 Å². The highest BCUT2D eigenvalue weighted by Gasteiger charge is 2.20. The molecule has 106 valence electrons. The molecule has 0 bridgehead atoms. The normalized spacial score (nSPS) is 18.5. The molecule has 0 saturated carbocycles. The van der Waals surface area contributed by atoms with Crippen molar-refractivity contribution < 1.29 is 0 Å². The van der Waals surface area contributed by atoms with E-state index >= 15 is 0 Å². The minimum absolute atomic E-state index is 0.752. The number of aromatic nitrogens is 3. The maximum atomic E-state index is 4.72. The third-order valence-corrected chi connectivity index (χ3v) is 4.13. The van der Waals surface area contributed by atoms with Gasteiger partial charge in [0.25, 0.3) is 0 Å². The minimum atomic E-state index is 0.752. The fourth-order valence-electron chi connectivity index (χ4n) is 2.93. The summed E-state index contributed by atoms with van der Waals surface area (Å²) in [5.41, 5.74) is 2.09. The van der Waals surface area contributed by atoms with Crippen LogP contribution in [0.2, 0.25) is 0 Å². The van der Waals surface area contributed by atoms with Gasteiger partial charge in [0.1, 0.15) is 5.82 Å². The second-order valence-electron chi connectivity index (χ2n) is 5.83. The highest BCUT2D eigenvalue weighted by atomic mass is 15.2. The van der Waals surface area contributed by atoms with Crippen molar-refractivity contribution in [1.82, 2.24) is 14.4 Å². The Morgan fingerprint density at radius 2 is 1.95 bits per heavy atom. The molecule has 1 saturated heterocycles. The van der Waals surface area contributed by atoms with E-state index in [1.807, 2.05) is 28.8 Å². The molecule has 0 aliphatic carbocycles. The average Bonchev–Trinajstić information content (AvgIpc) is 3.13. The van der Waals surface area contributed by atoms with E-state index < -0.39 is 0 Å². The number of nitrogens with zero attached hydrogens (tertiary/aromatic N) is 4. The van der Waals surface area contributed by atoms with E-state index in [-0.39, 0.29) is 0 Å². The highest BCUT2D eigenvalue weighted by molar-refractivity contribution is 5.61. The van der Waals surface area contributed by atoms with Crippen LogP contribution in [0.5, 0.6) is 0 Å². The summed E-state index contributed by atoms with van der Waals surface area (Å²) in [7, 11) is 0. The first-order valence-corrected chi connectivity index (χ1v) is 7.46. The van der Waals surface area contributed by atoms with E-state index in [4.69, 9.17) is 4.98 Å². The van der Waals surface area contributed by atoms with Gasteiger partial charge in [0, 0.05) is 31.0 Å². The molecular weight excluding hydrogens is 260 g/mol. The maximum absolute atomic E-state index is 4.72. The molecule has 21 heavy (non-hydrogen) atoms. The maximum Gasteiger partial charge on any atom is 0.236 e. The first-order valence-electron chi connectivity index (χ1n) is 7.46. The fourth-order valence-corrected chi connectivity index (χ4v) is 2.93. The Kier molecular flexibility index (Phi) is 2.88. The summed E-state index contributed by atoms with van der Waals surface area (Å²) >= 11 is 0. The first-order chi connectivity index (χ1) is 10.3. The van der Waals surface area contributed by atoms with Gasteiger partial charge in [-0.15, -0.1) is 0 Å². The number of hydrogen-bond donors (Lipinski definition) is 0. The third-order valence-electron chi connectivity index (χ3n) is 4.13. The summed E-state index contributed by atoms with van der Waals surface area (Å²) in [6, 6.07) is 12.3. The SMILES string of the molecule is C[C@H]1CCN(c2ccn3cc(-c4ccccc4)nc3n2)C1. The summed E-state index contributed by atoms with van der Waals surface area (Å²) in [6.07, 6.45) is 5.34. The lowest BCUT2D eigenvalue weighted by Gasteiger charge is -2.16. The first kappa shape index (κ1) is 12.4. The second kappa shape index (κ2) is 4.88. The van der Waals surface area contributed by atoms with Gasteiger partial charge in [0.2, 0.25) is 5.78 Å². The van der Waals surface area contributed by atoms with Crippen LogP contribution in [0, 0.1) is 5.92 Å².